The van der Waals surface area contributed by atoms with Crippen LogP contribution in [0.1, 0.15) is 22.5 Å². The van der Waals surface area contributed by atoms with Crippen LogP contribution in [-0.2, 0) is 0 Å². The number of rotatable bonds is 5. The van der Waals surface area contributed by atoms with Gasteiger partial charge in [-0.2, -0.15) is 0 Å². The van der Waals surface area contributed by atoms with Gasteiger partial charge in [0.25, 0.3) is 5.91 Å². The number of primary amides is 1. The van der Waals surface area contributed by atoms with Crippen molar-refractivity contribution < 1.29 is 9.59 Å². The van der Waals surface area contributed by atoms with Crippen LogP contribution in [0.3, 0.4) is 0 Å². The lowest BCUT2D eigenvalue weighted by Gasteiger charge is -2.23. The van der Waals surface area contributed by atoms with Crippen LogP contribution in [-0.4, -0.2) is 45.2 Å². The average molecular weight is 388 g/mol. The van der Waals surface area contributed by atoms with Crippen LogP contribution in [0, 0.1) is 0 Å². The molecule has 1 aliphatic heterocycles. The van der Waals surface area contributed by atoms with Gasteiger partial charge in [0.1, 0.15) is 4.88 Å². The van der Waals surface area contributed by atoms with E-state index >= 15 is 0 Å². The van der Waals surface area contributed by atoms with Crippen molar-refractivity contribution >= 4 is 34.6 Å². The first kappa shape index (κ1) is 19.2. The van der Waals surface area contributed by atoms with E-state index in [4.69, 9.17) is 5.73 Å². The SMILES string of the molecule is CN(C)c1ccc(-c2cc(NC(N)=O)c(C(=O)N[C@H]3CCCNC3)s2)cc1. The number of piperidine rings is 1. The molecule has 1 aromatic carbocycles. The number of nitrogens with zero attached hydrogens (tertiary/aromatic N) is 1. The van der Waals surface area contributed by atoms with Crippen LogP contribution >= 0.6 is 11.3 Å². The van der Waals surface area contributed by atoms with Crippen molar-refractivity contribution in [1.82, 2.24) is 10.6 Å². The van der Waals surface area contributed by atoms with Crippen molar-refractivity contribution in [2.24, 2.45) is 5.73 Å². The zero-order valence-electron chi connectivity index (χ0n) is 15.5. The summed E-state index contributed by atoms with van der Waals surface area (Å²) in [7, 11) is 3.97. The molecule has 3 amide bonds. The van der Waals surface area contributed by atoms with Crippen molar-refractivity contribution in [2.45, 2.75) is 18.9 Å². The van der Waals surface area contributed by atoms with Gasteiger partial charge in [0.2, 0.25) is 0 Å². The average Bonchev–Trinajstić information content (AvgIpc) is 3.06. The van der Waals surface area contributed by atoms with Crippen molar-refractivity contribution in [1.29, 1.82) is 0 Å². The Hall–Kier alpha value is -2.58. The zero-order chi connectivity index (χ0) is 19.4. The second-order valence-electron chi connectivity index (χ2n) is 6.80. The number of nitrogens with two attached hydrogens (primary N) is 1. The van der Waals surface area contributed by atoms with E-state index in [9.17, 15) is 9.59 Å². The number of hydrogen-bond donors (Lipinski definition) is 4. The highest BCUT2D eigenvalue weighted by Crippen LogP contribution is 2.35. The molecule has 2 heterocycles. The maximum atomic E-state index is 12.8. The Kier molecular flexibility index (Phi) is 5.98. The maximum Gasteiger partial charge on any atom is 0.316 e. The minimum atomic E-state index is -0.685. The van der Waals surface area contributed by atoms with Crippen LogP contribution in [0.4, 0.5) is 16.2 Å². The molecule has 0 aliphatic carbocycles. The van der Waals surface area contributed by atoms with Crippen LogP contribution in [0.2, 0.25) is 0 Å². The third-order valence-electron chi connectivity index (χ3n) is 4.50. The van der Waals surface area contributed by atoms with Crippen molar-refractivity contribution in [2.75, 3.05) is 37.4 Å². The Balaban J connectivity index is 1.85. The Bertz CT molecular complexity index is 810. The lowest BCUT2D eigenvalue weighted by Crippen LogP contribution is -2.45. The number of amides is 3. The van der Waals surface area contributed by atoms with Crippen LogP contribution in [0.15, 0.2) is 30.3 Å². The fourth-order valence-electron chi connectivity index (χ4n) is 3.08. The molecule has 1 fully saturated rings. The van der Waals surface area contributed by atoms with Gasteiger partial charge >= 0.3 is 6.03 Å². The van der Waals surface area contributed by atoms with Gasteiger partial charge in [0.15, 0.2) is 0 Å². The Morgan fingerprint density at radius 3 is 2.59 bits per heavy atom. The molecule has 7 nitrogen and oxygen atoms in total. The predicted molar refractivity (Wildman–Crippen MR) is 111 cm³/mol. The quantitative estimate of drug-likeness (QED) is 0.633. The molecule has 0 spiro atoms. The van der Waals surface area contributed by atoms with E-state index in [0.717, 1.165) is 42.1 Å². The summed E-state index contributed by atoms with van der Waals surface area (Å²) < 4.78 is 0. The standard InChI is InChI=1S/C19H25N5O2S/c1-24(2)14-7-5-12(6-8-14)16-10-15(23-19(20)26)17(27-16)18(25)22-13-4-3-9-21-11-13/h5-8,10,13,21H,3-4,9,11H2,1-2H3,(H,22,25)(H3,20,23,26)/t13-/m0/s1. The lowest BCUT2D eigenvalue weighted by molar-refractivity contribution is 0.0935. The van der Waals surface area contributed by atoms with Gasteiger partial charge in [-0.05, 0) is 43.1 Å². The number of anilines is 2. The molecular weight excluding hydrogens is 362 g/mol. The van der Waals surface area contributed by atoms with Crippen LogP contribution in [0.25, 0.3) is 10.4 Å². The first-order chi connectivity index (χ1) is 12.9. The van der Waals surface area contributed by atoms with Gasteiger partial charge in [-0.15, -0.1) is 11.3 Å². The summed E-state index contributed by atoms with van der Waals surface area (Å²) in [5.74, 6) is -0.186. The minimum Gasteiger partial charge on any atom is -0.378 e. The highest BCUT2D eigenvalue weighted by Gasteiger charge is 2.22. The van der Waals surface area contributed by atoms with E-state index in [2.05, 4.69) is 16.0 Å². The normalized spacial score (nSPS) is 16.6. The van der Waals surface area contributed by atoms with Gasteiger partial charge in [-0.1, -0.05) is 12.1 Å². The minimum absolute atomic E-state index is 0.0950. The fourth-order valence-corrected chi connectivity index (χ4v) is 4.10. The van der Waals surface area contributed by atoms with E-state index in [1.165, 1.54) is 11.3 Å². The molecule has 5 N–H and O–H groups in total. The Morgan fingerprint density at radius 1 is 1.26 bits per heavy atom. The van der Waals surface area contributed by atoms with Gasteiger partial charge in [0, 0.05) is 37.2 Å². The van der Waals surface area contributed by atoms with E-state index in [-0.39, 0.29) is 11.9 Å². The number of carbonyl (C=O) groups is 2. The summed E-state index contributed by atoms with van der Waals surface area (Å²) in [4.78, 5) is 27.5. The molecule has 2 aromatic rings. The highest BCUT2D eigenvalue weighted by molar-refractivity contribution is 7.18. The van der Waals surface area contributed by atoms with Crippen LogP contribution in [0.5, 0.6) is 0 Å². The van der Waals surface area contributed by atoms with Gasteiger partial charge in [-0.3, -0.25) is 4.79 Å². The number of urea groups is 1. The molecule has 0 radical (unpaired) electrons. The predicted octanol–water partition coefficient (Wildman–Crippen LogP) is 2.45. The molecule has 0 saturated carbocycles. The van der Waals surface area contributed by atoms with E-state index in [1.54, 1.807) is 6.07 Å². The highest BCUT2D eigenvalue weighted by atomic mass is 32.1. The van der Waals surface area contributed by atoms with Gasteiger partial charge in [0.05, 0.1) is 5.69 Å². The number of benzene rings is 1. The third-order valence-corrected chi connectivity index (χ3v) is 5.68. The van der Waals surface area contributed by atoms with Crippen molar-refractivity contribution in [3.05, 3.63) is 35.2 Å². The molecule has 1 aliphatic rings. The van der Waals surface area contributed by atoms with E-state index in [0.29, 0.717) is 10.6 Å². The smallest absolute Gasteiger partial charge is 0.316 e. The molecule has 8 heteroatoms. The maximum absolute atomic E-state index is 12.8. The van der Waals surface area contributed by atoms with Crippen LogP contribution < -0.4 is 26.6 Å². The molecular formula is C19H25N5O2S. The van der Waals surface area contributed by atoms with E-state index < -0.39 is 6.03 Å². The van der Waals surface area contributed by atoms with E-state index in [1.807, 2.05) is 43.3 Å². The molecule has 0 bridgehead atoms. The largest absolute Gasteiger partial charge is 0.378 e. The number of thiophene rings is 1. The monoisotopic (exact) mass is 387 g/mol. The number of carbonyl (C=O) groups excluding carboxylic acids is 2. The topological polar surface area (TPSA) is 99.5 Å². The summed E-state index contributed by atoms with van der Waals surface area (Å²) in [5.41, 5.74) is 7.81. The Morgan fingerprint density at radius 2 is 2.00 bits per heavy atom. The number of nitrogens with one attached hydrogen (secondary N) is 3. The molecule has 3 rings (SSSR count). The first-order valence-electron chi connectivity index (χ1n) is 8.93. The summed E-state index contributed by atoms with van der Waals surface area (Å²) in [6.07, 6.45) is 1.98. The Labute approximate surface area is 162 Å². The molecule has 1 aromatic heterocycles. The summed E-state index contributed by atoms with van der Waals surface area (Å²) >= 11 is 1.35. The lowest BCUT2D eigenvalue weighted by atomic mass is 10.1. The summed E-state index contributed by atoms with van der Waals surface area (Å²) in [6.45, 7) is 1.74. The molecule has 1 saturated heterocycles. The second-order valence-corrected chi connectivity index (χ2v) is 7.85. The summed E-state index contributed by atoms with van der Waals surface area (Å²) in [6, 6.07) is 9.25. The fraction of sp³-hybridized carbons (Fsp3) is 0.368. The van der Waals surface area contributed by atoms with Gasteiger partial charge < -0.3 is 26.6 Å². The zero-order valence-corrected chi connectivity index (χ0v) is 16.4. The van der Waals surface area contributed by atoms with Gasteiger partial charge in [-0.25, -0.2) is 4.79 Å². The molecule has 1 atom stereocenters. The second kappa shape index (κ2) is 8.41. The summed E-state index contributed by atoms with van der Waals surface area (Å²) in [5, 5.41) is 8.90. The molecule has 144 valence electrons. The molecule has 0 unspecified atom stereocenters. The van der Waals surface area contributed by atoms with Crippen molar-refractivity contribution in [3.8, 4) is 10.4 Å². The molecule has 27 heavy (non-hydrogen) atoms. The first-order valence-corrected chi connectivity index (χ1v) is 9.75. The number of hydrogen-bond acceptors (Lipinski definition) is 5. The third kappa shape index (κ3) is 4.78. The van der Waals surface area contributed by atoms with Crippen molar-refractivity contribution in [3.63, 3.8) is 0 Å².